The third-order valence-corrected chi connectivity index (χ3v) is 5.13. The summed E-state index contributed by atoms with van der Waals surface area (Å²) in [6.45, 7) is 6.09. The van der Waals surface area contributed by atoms with Gasteiger partial charge in [-0.25, -0.2) is 0 Å². The lowest BCUT2D eigenvalue weighted by Crippen LogP contribution is -2.49. The molecule has 0 saturated carbocycles. The molecule has 1 aromatic rings. The predicted octanol–water partition coefficient (Wildman–Crippen LogP) is 2.02. The van der Waals surface area contributed by atoms with Gasteiger partial charge in [0.2, 0.25) is 0 Å². The largest absolute Gasteiger partial charge is 0.377 e. The second-order valence-electron chi connectivity index (χ2n) is 7.22. The van der Waals surface area contributed by atoms with Crippen LogP contribution in [-0.2, 0) is 16.0 Å². The van der Waals surface area contributed by atoms with E-state index in [1.165, 1.54) is 0 Å². The van der Waals surface area contributed by atoms with Crippen molar-refractivity contribution < 1.29 is 9.47 Å². The van der Waals surface area contributed by atoms with Crippen LogP contribution in [0.3, 0.4) is 0 Å². The summed E-state index contributed by atoms with van der Waals surface area (Å²) in [7, 11) is 1.82. The quantitative estimate of drug-likeness (QED) is 0.245. The van der Waals surface area contributed by atoms with Gasteiger partial charge in [-0.15, -0.1) is 24.0 Å². The van der Waals surface area contributed by atoms with E-state index in [2.05, 4.69) is 37.6 Å². The number of aromatic nitrogens is 1. The molecule has 0 aromatic carbocycles. The Kier molecular flexibility index (Phi) is 11.1. The SMILES string of the molecule is CN=C(NCCOCC1CCCO1)NC1CCN(Cc2ccccn2)CC1.I. The van der Waals surface area contributed by atoms with Crippen LogP contribution in [0.15, 0.2) is 29.4 Å². The molecule has 0 radical (unpaired) electrons. The highest BCUT2D eigenvalue weighted by molar-refractivity contribution is 14.0. The highest BCUT2D eigenvalue weighted by Gasteiger charge is 2.20. The summed E-state index contributed by atoms with van der Waals surface area (Å²) in [5.74, 6) is 0.860. The molecule has 0 spiro atoms. The van der Waals surface area contributed by atoms with Gasteiger partial charge in [-0.3, -0.25) is 14.9 Å². The smallest absolute Gasteiger partial charge is 0.191 e. The van der Waals surface area contributed by atoms with Crippen molar-refractivity contribution in [3.63, 3.8) is 0 Å². The lowest BCUT2D eigenvalue weighted by molar-refractivity contribution is 0.0191. The van der Waals surface area contributed by atoms with Crippen LogP contribution < -0.4 is 10.6 Å². The third kappa shape index (κ3) is 8.18. The summed E-state index contributed by atoms with van der Waals surface area (Å²) in [6, 6.07) is 6.57. The van der Waals surface area contributed by atoms with Gasteiger partial charge in [0.15, 0.2) is 5.96 Å². The first-order valence-corrected chi connectivity index (χ1v) is 10.1. The molecule has 3 heterocycles. The van der Waals surface area contributed by atoms with E-state index in [9.17, 15) is 0 Å². The Bertz CT molecular complexity index is 561. The van der Waals surface area contributed by atoms with Gasteiger partial charge in [0.05, 0.1) is 25.0 Å². The first-order chi connectivity index (χ1) is 13.3. The number of pyridine rings is 1. The van der Waals surface area contributed by atoms with Crippen LogP contribution in [0.2, 0.25) is 0 Å². The van der Waals surface area contributed by atoms with E-state index in [0.717, 1.165) is 70.1 Å². The lowest BCUT2D eigenvalue weighted by atomic mass is 10.1. The minimum absolute atomic E-state index is 0. The van der Waals surface area contributed by atoms with E-state index in [4.69, 9.17) is 9.47 Å². The second kappa shape index (κ2) is 13.3. The molecule has 1 atom stereocenters. The summed E-state index contributed by atoms with van der Waals surface area (Å²) >= 11 is 0. The average Bonchev–Trinajstić information content (AvgIpc) is 3.22. The molecule has 2 N–H and O–H groups in total. The van der Waals surface area contributed by atoms with Crippen LogP contribution in [0, 0.1) is 0 Å². The molecule has 28 heavy (non-hydrogen) atoms. The van der Waals surface area contributed by atoms with Crippen molar-refractivity contribution in [3.8, 4) is 0 Å². The Morgan fingerprint density at radius 3 is 2.86 bits per heavy atom. The van der Waals surface area contributed by atoms with E-state index in [-0.39, 0.29) is 24.0 Å². The Hall–Kier alpha value is -0.970. The number of halogens is 1. The van der Waals surface area contributed by atoms with Crippen molar-refractivity contribution in [2.24, 2.45) is 4.99 Å². The molecule has 2 fully saturated rings. The lowest BCUT2D eigenvalue weighted by Gasteiger charge is -2.32. The van der Waals surface area contributed by atoms with Crippen LogP contribution in [0.4, 0.5) is 0 Å². The van der Waals surface area contributed by atoms with Crippen molar-refractivity contribution in [1.82, 2.24) is 20.5 Å². The van der Waals surface area contributed by atoms with E-state index < -0.39 is 0 Å². The third-order valence-electron chi connectivity index (χ3n) is 5.13. The van der Waals surface area contributed by atoms with Crippen LogP contribution in [0.25, 0.3) is 0 Å². The molecular formula is C20H34IN5O2. The molecule has 8 heteroatoms. The maximum Gasteiger partial charge on any atom is 0.191 e. The van der Waals surface area contributed by atoms with Crippen LogP contribution in [0.5, 0.6) is 0 Å². The maximum absolute atomic E-state index is 5.69. The fourth-order valence-electron chi connectivity index (χ4n) is 3.58. The molecule has 7 nitrogen and oxygen atoms in total. The summed E-state index contributed by atoms with van der Waals surface area (Å²) in [6.07, 6.45) is 6.66. The Labute approximate surface area is 185 Å². The van der Waals surface area contributed by atoms with Crippen LogP contribution in [0.1, 0.15) is 31.4 Å². The molecule has 2 saturated heterocycles. The summed E-state index contributed by atoms with van der Waals surface area (Å²) in [5.41, 5.74) is 1.14. The van der Waals surface area contributed by atoms with Crippen LogP contribution in [-0.4, -0.2) is 74.5 Å². The highest BCUT2D eigenvalue weighted by atomic mass is 127. The van der Waals surface area contributed by atoms with Crippen molar-refractivity contribution in [1.29, 1.82) is 0 Å². The molecule has 158 valence electrons. The summed E-state index contributed by atoms with van der Waals surface area (Å²) < 4.78 is 11.2. The van der Waals surface area contributed by atoms with Crippen LogP contribution >= 0.6 is 24.0 Å². The Morgan fingerprint density at radius 1 is 1.32 bits per heavy atom. The van der Waals surface area contributed by atoms with E-state index in [1.54, 1.807) is 0 Å². The number of piperidine rings is 1. The van der Waals surface area contributed by atoms with E-state index in [0.29, 0.717) is 25.4 Å². The van der Waals surface area contributed by atoms with Gasteiger partial charge in [-0.2, -0.15) is 0 Å². The number of nitrogens with one attached hydrogen (secondary N) is 2. The van der Waals surface area contributed by atoms with Gasteiger partial charge in [-0.05, 0) is 37.8 Å². The number of rotatable bonds is 8. The number of hydrogen-bond donors (Lipinski definition) is 2. The highest BCUT2D eigenvalue weighted by Crippen LogP contribution is 2.13. The number of likely N-dealkylation sites (tertiary alicyclic amines) is 1. The molecule has 3 rings (SSSR count). The molecular weight excluding hydrogens is 469 g/mol. The molecule has 1 aromatic heterocycles. The van der Waals surface area contributed by atoms with Crippen molar-refractivity contribution in [3.05, 3.63) is 30.1 Å². The standard InChI is InChI=1S/C20H33N5O2.HI/c1-21-20(23-10-14-26-16-19-6-4-13-27-19)24-17-7-11-25(12-8-17)15-18-5-2-3-9-22-18;/h2-3,5,9,17,19H,4,6-8,10-16H2,1H3,(H2,21,23,24);1H. The topological polar surface area (TPSA) is 71.0 Å². The normalized spacial score (nSPS) is 21.3. The summed E-state index contributed by atoms with van der Waals surface area (Å²) in [4.78, 5) is 11.2. The monoisotopic (exact) mass is 503 g/mol. The van der Waals surface area contributed by atoms with Gasteiger partial charge >= 0.3 is 0 Å². The second-order valence-corrected chi connectivity index (χ2v) is 7.22. The zero-order valence-electron chi connectivity index (χ0n) is 16.8. The average molecular weight is 503 g/mol. The zero-order valence-corrected chi connectivity index (χ0v) is 19.1. The fourth-order valence-corrected chi connectivity index (χ4v) is 3.58. The maximum atomic E-state index is 5.69. The molecule has 0 amide bonds. The van der Waals surface area contributed by atoms with Gasteiger partial charge in [0.1, 0.15) is 0 Å². The number of guanidine groups is 1. The Balaban J connectivity index is 0.00000280. The van der Waals surface area contributed by atoms with Gasteiger partial charge < -0.3 is 20.1 Å². The van der Waals surface area contributed by atoms with Crippen molar-refractivity contribution in [2.75, 3.05) is 46.5 Å². The minimum Gasteiger partial charge on any atom is -0.377 e. The predicted molar refractivity (Wildman–Crippen MR) is 122 cm³/mol. The van der Waals surface area contributed by atoms with E-state index in [1.807, 2.05) is 19.3 Å². The van der Waals surface area contributed by atoms with Gasteiger partial charge in [0.25, 0.3) is 0 Å². The van der Waals surface area contributed by atoms with Gasteiger partial charge in [-0.1, -0.05) is 6.07 Å². The number of hydrogen-bond acceptors (Lipinski definition) is 5. The van der Waals surface area contributed by atoms with Crippen molar-refractivity contribution in [2.45, 2.75) is 44.4 Å². The molecule has 2 aliphatic heterocycles. The van der Waals surface area contributed by atoms with E-state index >= 15 is 0 Å². The first-order valence-electron chi connectivity index (χ1n) is 10.1. The summed E-state index contributed by atoms with van der Waals surface area (Å²) in [5, 5.41) is 6.88. The molecule has 0 aliphatic carbocycles. The molecule has 0 bridgehead atoms. The zero-order chi connectivity index (χ0) is 18.7. The Morgan fingerprint density at radius 2 is 2.18 bits per heavy atom. The fraction of sp³-hybridized carbons (Fsp3) is 0.700. The van der Waals surface area contributed by atoms with Gasteiger partial charge in [0, 0.05) is 52.1 Å². The molecule has 2 aliphatic rings. The number of ether oxygens (including phenoxy) is 2. The number of aliphatic imine (C=N–C) groups is 1. The molecule has 1 unspecified atom stereocenters. The minimum atomic E-state index is 0. The number of nitrogens with zero attached hydrogens (tertiary/aromatic N) is 3. The van der Waals surface area contributed by atoms with Crippen molar-refractivity contribution >= 4 is 29.9 Å². The first kappa shape index (κ1) is 23.3.